The molecule has 146 valence electrons. The molecule has 0 radical (unpaired) electrons. The number of halogens is 3. The van der Waals surface area contributed by atoms with E-state index >= 15 is 0 Å². The number of aromatic hydroxyl groups is 1. The van der Waals surface area contributed by atoms with Gasteiger partial charge in [0.2, 0.25) is 0 Å². The Morgan fingerprint density at radius 3 is 2.50 bits per heavy atom. The minimum atomic E-state index is -1.13. The van der Waals surface area contributed by atoms with Crippen molar-refractivity contribution in [2.45, 2.75) is 19.3 Å². The topological polar surface area (TPSA) is 160 Å². The van der Waals surface area contributed by atoms with Gasteiger partial charge >= 0.3 is 12.1 Å². The maximum atomic E-state index is 11.9. The SMILES string of the molecule is Cl.NC(N)=NCCCCNC(=O)Oc1c(Br)cc(O)c(CC(=O)O)c1Br. The summed E-state index contributed by atoms with van der Waals surface area (Å²) in [5, 5.41) is 21.3. The lowest BCUT2D eigenvalue weighted by atomic mass is 10.1. The van der Waals surface area contributed by atoms with Gasteiger partial charge < -0.3 is 31.7 Å². The van der Waals surface area contributed by atoms with Crippen LogP contribution in [0.15, 0.2) is 20.0 Å². The van der Waals surface area contributed by atoms with Gasteiger partial charge in [0.1, 0.15) is 5.75 Å². The van der Waals surface area contributed by atoms with E-state index in [1.807, 2.05) is 0 Å². The first-order chi connectivity index (χ1) is 11.7. The van der Waals surface area contributed by atoms with Gasteiger partial charge in [0.05, 0.1) is 15.4 Å². The lowest BCUT2D eigenvalue weighted by Gasteiger charge is -2.13. The molecule has 0 aliphatic rings. The highest BCUT2D eigenvalue weighted by molar-refractivity contribution is 9.11. The number of nitrogens with one attached hydrogen (secondary N) is 1. The Kier molecular flexibility index (Phi) is 11.0. The maximum absolute atomic E-state index is 11.9. The van der Waals surface area contributed by atoms with Crippen molar-refractivity contribution in [2.75, 3.05) is 13.1 Å². The van der Waals surface area contributed by atoms with Crippen LogP contribution in [0.2, 0.25) is 0 Å². The van der Waals surface area contributed by atoms with Crippen molar-refractivity contribution in [2.24, 2.45) is 16.5 Å². The molecule has 9 nitrogen and oxygen atoms in total. The van der Waals surface area contributed by atoms with Crippen LogP contribution in [-0.2, 0) is 11.2 Å². The molecule has 0 atom stereocenters. The second-order valence-electron chi connectivity index (χ2n) is 4.90. The third-order valence-electron chi connectivity index (χ3n) is 2.93. The molecule has 0 spiro atoms. The molecule has 1 rings (SSSR count). The molecule has 0 fully saturated rings. The molecular formula is C14H19Br2ClN4O5. The fourth-order valence-corrected chi connectivity index (χ4v) is 3.20. The largest absolute Gasteiger partial charge is 0.508 e. The lowest BCUT2D eigenvalue weighted by molar-refractivity contribution is -0.136. The van der Waals surface area contributed by atoms with Crippen LogP contribution in [0.4, 0.5) is 4.79 Å². The first-order valence-corrected chi connectivity index (χ1v) is 8.73. The predicted molar refractivity (Wildman–Crippen MR) is 106 cm³/mol. The van der Waals surface area contributed by atoms with E-state index in [4.69, 9.17) is 21.3 Å². The minimum Gasteiger partial charge on any atom is -0.508 e. The highest BCUT2D eigenvalue weighted by Crippen LogP contribution is 2.41. The van der Waals surface area contributed by atoms with E-state index in [1.54, 1.807) is 0 Å². The molecule has 0 unspecified atom stereocenters. The van der Waals surface area contributed by atoms with E-state index in [9.17, 15) is 14.7 Å². The normalized spacial score (nSPS) is 9.77. The number of guanidine groups is 1. The molecule has 0 aromatic heterocycles. The summed E-state index contributed by atoms with van der Waals surface area (Å²) in [5.74, 6) is -1.26. The number of aliphatic imine (C=N–C) groups is 1. The third-order valence-corrected chi connectivity index (χ3v) is 4.35. The summed E-state index contributed by atoms with van der Waals surface area (Å²) < 4.78 is 5.67. The smallest absolute Gasteiger partial charge is 0.412 e. The Hall–Kier alpha value is -1.72. The Balaban J connectivity index is 0.00000625. The average Bonchev–Trinajstić information content (AvgIpc) is 2.51. The second-order valence-corrected chi connectivity index (χ2v) is 6.55. The van der Waals surface area contributed by atoms with Crippen molar-refractivity contribution in [1.29, 1.82) is 0 Å². The molecule has 0 saturated carbocycles. The molecule has 26 heavy (non-hydrogen) atoms. The molecule has 12 heteroatoms. The Labute approximate surface area is 172 Å². The first-order valence-electron chi connectivity index (χ1n) is 7.15. The zero-order valence-corrected chi connectivity index (χ0v) is 17.5. The van der Waals surface area contributed by atoms with E-state index in [-0.39, 0.29) is 39.9 Å². The van der Waals surface area contributed by atoms with Crippen molar-refractivity contribution in [3.05, 3.63) is 20.6 Å². The fraction of sp³-hybridized carbons (Fsp3) is 0.357. The number of unbranched alkanes of at least 4 members (excludes halogenated alkanes) is 1. The fourth-order valence-electron chi connectivity index (χ4n) is 1.80. The van der Waals surface area contributed by atoms with Crippen LogP contribution in [0, 0.1) is 0 Å². The van der Waals surface area contributed by atoms with Gasteiger partial charge in [0, 0.05) is 18.7 Å². The molecule has 1 aromatic carbocycles. The summed E-state index contributed by atoms with van der Waals surface area (Å²) >= 11 is 6.32. The minimum absolute atomic E-state index is 0. The molecule has 0 saturated heterocycles. The van der Waals surface area contributed by atoms with E-state index in [0.29, 0.717) is 30.4 Å². The van der Waals surface area contributed by atoms with Gasteiger partial charge in [-0.15, -0.1) is 12.4 Å². The van der Waals surface area contributed by atoms with Gasteiger partial charge in [-0.05, 0) is 50.8 Å². The van der Waals surface area contributed by atoms with E-state index in [2.05, 4.69) is 42.2 Å². The van der Waals surface area contributed by atoms with Crippen LogP contribution in [0.3, 0.4) is 0 Å². The van der Waals surface area contributed by atoms with Crippen LogP contribution in [0.25, 0.3) is 0 Å². The number of carboxylic acid groups (broad SMARTS) is 1. The maximum Gasteiger partial charge on any atom is 0.412 e. The molecular weight excluding hydrogens is 499 g/mol. The average molecular weight is 519 g/mol. The summed E-state index contributed by atoms with van der Waals surface area (Å²) in [7, 11) is 0. The number of benzene rings is 1. The van der Waals surface area contributed by atoms with Crippen molar-refractivity contribution < 1.29 is 24.5 Å². The Bertz CT molecular complexity index is 684. The molecule has 0 bridgehead atoms. The number of amides is 1. The van der Waals surface area contributed by atoms with Gasteiger partial charge in [-0.2, -0.15) is 0 Å². The summed E-state index contributed by atoms with van der Waals surface area (Å²) in [6.07, 6.45) is 0.194. The number of carbonyl (C=O) groups excluding carboxylic acids is 1. The van der Waals surface area contributed by atoms with Crippen LogP contribution in [0.1, 0.15) is 18.4 Å². The lowest BCUT2D eigenvalue weighted by Crippen LogP contribution is -2.28. The molecule has 1 amide bonds. The van der Waals surface area contributed by atoms with E-state index in [1.165, 1.54) is 6.07 Å². The Morgan fingerprint density at radius 1 is 1.27 bits per heavy atom. The molecule has 1 aromatic rings. The van der Waals surface area contributed by atoms with Crippen molar-refractivity contribution in [3.63, 3.8) is 0 Å². The summed E-state index contributed by atoms with van der Waals surface area (Å²) in [6.45, 7) is 0.820. The number of rotatable bonds is 8. The first kappa shape index (κ1) is 24.3. The number of carbonyl (C=O) groups is 2. The highest BCUT2D eigenvalue weighted by atomic mass is 79.9. The summed E-state index contributed by atoms with van der Waals surface area (Å²) in [6, 6.07) is 1.26. The number of ether oxygens (including phenoxy) is 1. The van der Waals surface area contributed by atoms with Crippen molar-refractivity contribution >= 4 is 62.3 Å². The highest BCUT2D eigenvalue weighted by Gasteiger charge is 2.20. The van der Waals surface area contributed by atoms with E-state index in [0.717, 1.165) is 0 Å². The number of nitrogens with two attached hydrogens (primary N) is 2. The van der Waals surface area contributed by atoms with Crippen LogP contribution in [-0.4, -0.2) is 41.3 Å². The zero-order chi connectivity index (χ0) is 19.0. The number of carboxylic acids is 1. The summed E-state index contributed by atoms with van der Waals surface area (Å²) in [5.41, 5.74) is 10.5. The molecule has 0 heterocycles. The van der Waals surface area contributed by atoms with Crippen molar-refractivity contribution in [3.8, 4) is 11.5 Å². The van der Waals surface area contributed by atoms with Crippen molar-refractivity contribution in [1.82, 2.24) is 5.32 Å². The number of phenolic OH excluding ortho intramolecular Hbond substituents is 1. The third kappa shape index (κ3) is 8.11. The number of phenols is 1. The number of nitrogens with zero attached hydrogens (tertiary/aromatic N) is 1. The Morgan fingerprint density at radius 2 is 1.92 bits per heavy atom. The van der Waals surface area contributed by atoms with Gasteiger partial charge in [0.15, 0.2) is 11.7 Å². The molecule has 7 N–H and O–H groups in total. The van der Waals surface area contributed by atoms with Gasteiger partial charge in [-0.1, -0.05) is 0 Å². The standard InChI is InChI=1S/C14H18Br2N4O5.ClH/c15-8-6-9(21)7(5-10(22)23)11(16)12(8)25-14(24)20-4-2-1-3-19-13(17)18;/h6,21H,1-5H2,(H,20,24)(H,22,23)(H4,17,18,19);1H. The van der Waals surface area contributed by atoms with Gasteiger partial charge in [0.25, 0.3) is 0 Å². The summed E-state index contributed by atoms with van der Waals surface area (Å²) in [4.78, 5) is 26.5. The predicted octanol–water partition coefficient (Wildman–Crippen LogP) is 2.11. The second kappa shape index (κ2) is 11.8. The molecule has 0 aliphatic heterocycles. The quantitative estimate of drug-likeness (QED) is 0.200. The number of aliphatic carboxylic acids is 1. The zero-order valence-electron chi connectivity index (χ0n) is 13.5. The molecule has 0 aliphatic carbocycles. The number of hydrogen-bond acceptors (Lipinski definition) is 5. The van der Waals surface area contributed by atoms with Gasteiger partial charge in [-0.25, -0.2) is 4.79 Å². The van der Waals surface area contributed by atoms with Crippen LogP contribution < -0.4 is 21.5 Å². The monoisotopic (exact) mass is 516 g/mol. The van der Waals surface area contributed by atoms with Crippen LogP contribution in [0.5, 0.6) is 11.5 Å². The van der Waals surface area contributed by atoms with Gasteiger partial charge in [-0.3, -0.25) is 9.79 Å². The van der Waals surface area contributed by atoms with E-state index < -0.39 is 18.5 Å². The van der Waals surface area contributed by atoms with Crippen LogP contribution >= 0.6 is 44.3 Å². The number of hydrogen-bond donors (Lipinski definition) is 5.